The summed E-state index contributed by atoms with van der Waals surface area (Å²) in [5, 5.41) is 3.63. The summed E-state index contributed by atoms with van der Waals surface area (Å²) in [7, 11) is 0. The summed E-state index contributed by atoms with van der Waals surface area (Å²) >= 11 is 12.1. The number of nitrogen functional groups attached to an aromatic ring is 1. The summed E-state index contributed by atoms with van der Waals surface area (Å²) in [6, 6.07) is 7.25. The van der Waals surface area contributed by atoms with Gasteiger partial charge < -0.3 is 21.5 Å². The zero-order valence-corrected chi connectivity index (χ0v) is 19.0. The maximum atomic E-state index is 15.2. The minimum absolute atomic E-state index is 0. The highest BCUT2D eigenvalue weighted by Crippen LogP contribution is 2.37. The van der Waals surface area contributed by atoms with Gasteiger partial charge in [0.05, 0.1) is 15.7 Å². The SMILES string of the molecule is CC[C@@H](N[C@@H](C)CC(N)=O)c1ccc(Cl)c(Oc2ccc(N)c(Cl)c2)c1F.Cl.Cl. The Bertz CT molecular complexity index is 839. The Kier molecular flexibility index (Phi) is 11.7. The van der Waals surface area contributed by atoms with Crippen molar-refractivity contribution in [3.05, 3.63) is 51.8 Å². The summed E-state index contributed by atoms with van der Waals surface area (Å²) in [4.78, 5) is 11.1. The fourth-order valence-electron chi connectivity index (χ4n) is 2.73. The third-order valence-corrected chi connectivity index (χ3v) is 4.67. The summed E-state index contributed by atoms with van der Waals surface area (Å²) in [6.07, 6.45) is 0.744. The molecule has 0 aliphatic rings. The maximum Gasteiger partial charge on any atom is 0.218 e. The first kappa shape index (κ1) is 27.6. The maximum absolute atomic E-state index is 15.2. The fraction of sp³-hybridized carbons (Fsp3) is 0.316. The summed E-state index contributed by atoms with van der Waals surface area (Å²) < 4.78 is 20.8. The van der Waals surface area contributed by atoms with E-state index in [0.29, 0.717) is 28.4 Å². The second kappa shape index (κ2) is 12.3. The Hall–Kier alpha value is -1.44. The van der Waals surface area contributed by atoms with Crippen LogP contribution in [0.3, 0.4) is 0 Å². The standard InChI is InChI=1S/C19H22Cl2FN3O2.2ClH/c1-3-16(25-10(2)8-17(24)26)12-5-6-13(20)19(18(12)22)27-11-4-7-15(23)14(21)9-11;;/h4-7,9-10,16,25H,3,8,23H2,1-2H3,(H2,24,26);2*1H/t10-,16+;;/m0../s1. The van der Waals surface area contributed by atoms with Crippen LogP contribution in [0, 0.1) is 5.82 Å². The third kappa shape index (κ3) is 7.39. The van der Waals surface area contributed by atoms with E-state index in [4.69, 9.17) is 39.4 Å². The molecule has 0 spiro atoms. The Morgan fingerprint density at radius 3 is 2.41 bits per heavy atom. The highest BCUT2D eigenvalue weighted by Gasteiger charge is 2.22. The van der Waals surface area contributed by atoms with Crippen LogP contribution in [0.2, 0.25) is 10.0 Å². The van der Waals surface area contributed by atoms with E-state index >= 15 is 4.39 Å². The molecule has 0 fully saturated rings. The van der Waals surface area contributed by atoms with Crippen molar-refractivity contribution in [1.29, 1.82) is 0 Å². The quantitative estimate of drug-likeness (QED) is 0.420. The molecule has 29 heavy (non-hydrogen) atoms. The van der Waals surface area contributed by atoms with Crippen molar-refractivity contribution in [2.24, 2.45) is 5.73 Å². The van der Waals surface area contributed by atoms with Crippen molar-refractivity contribution in [2.75, 3.05) is 5.73 Å². The number of nitrogens with two attached hydrogens (primary N) is 2. The van der Waals surface area contributed by atoms with Crippen molar-refractivity contribution < 1.29 is 13.9 Å². The van der Waals surface area contributed by atoms with E-state index in [1.165, 1.54) is 6.07 Å². The van der Waals surface area contributed by atoms with Crippen LogP contribution in [0.25, 0.3) is 0 Å². The molecule has 0 aliphatic carbocycles. The molecule has 0 aromatic heterocycles. The van der Waals surface area contributed by atoms with E-state index in [1.54, 1.807) is 24.3 Å². The number of primary amides is 1. The van der Waals surface area contributed by atoms with Crippen LogP contribution in [-0.2, 0) is 4.79 Å². The van der Waals surface area contributed by atoms with E-state index in [-0.39, 0.29) is 54.1 Å². The van der Waals surface area contributed by atoms with E-state index in [2.05, 4.69) is 5.32 Å². The fourth-order valence-corrected chi connectivity index (χ4v) is 3.09. The molecule has 2 aromatic carbocycles. The monoisotopic (exact) mass is 485 g/mol. The second-order valence-corrected chi connectivity index (χ2v) is 7.08. The lowest BCUT2D eigenvalue weighted by molar-refractivity contribution is -0.118. The molecule has 0 bridgehead atoms. The van der Waals surface area contributed by atoms with E-state index in [1.807, 2.05) is 13.8 Å². The number of anilines is 1. The topological polar surface area (TPSA) is 90.4 Å². The zero-order chi connectivity index (χ0) is 20.1. The van der Waals surface area contributed by atoms with Gasteiger partial charge in [0.25, 0.3) is 0 Å². The van der Waals surface area contributed by atoms with Crippen molar-refractivity contribution in [3.8, 4) is 11.5 Å². The number of halogens is 5. The van der Waals surface area contributed by atoms with Gasteiger partial charge in [-0.15, -0.1) is 24.8 Å². The minimum Gasteiger partial charge on any atom is -0.453 e. The molecule has 2 aromatic rings. The molecule has 0 unspecified atom stereocenters. The lowest BCUT2D eigenvalue weighted by atomic mass is 10.0. The van der Waals surface area contributed by atoms with Gasteiger partial charge in [-0.3, -0.25) is 4.79 Å². The number of carbonyl (C=O) groups excluding carboxylic acids is 1. The number of hydrogen-bond acceptors (Lipinski definition) is 4. The number of amides is 1. The molecule has 2 atom stereocenters. The van der Waals surface area contributed by atoms with Crippen LogP contribution in [0.4, 0.5) is 10.1 Å². The van der Waals surface area contributed by atoms with Gasteiger partial charge >= 0.3 is 0 Å². The highest BCUT2D eigenvalue weighted by molar-refractivity contribution is 6.33. The van der Waals surface area contributed by atoms with Gasteiger partial charge in [0.2, 0.25) is 5.91 Å². The summed E-state index contributed by atoms with van der Waals surface area (Å²) in [5.74, 6) is -0.792. The first-order chi connectivity index (χ1) is 12.7. The van der Waals surface area contributed by atoms with Gasteiger partial charge in [-0.1, -0.05) is 36.2 Å². The van der Waals surface area contributed by atoms with Gasteiger partial charge in [0, 0.05) is 30.1 Å². The van der Waals surface area contributed by atoms with Crippen LogP contribution in [0.15, 0.2) is 30.3 Å². The Morgan fingerprint density at radius 1 is 1.21 bits per heavy atom. The third-order valence-electron chi connectivity index (χ3n) is 4.05. The van der Waals surface area contributed by atoms with Crippen LogP contribution in [0.5, 0.6) is 11.5 Å². The molecule has 0 radical (unpaired) electrons. The average molecular weight is 487 g/mol. The summed E-state index contributed by atoms with van der Waals surface area (Å²) in [6.45, 7) is 3.72. The Labute approximate surface area is 192 Å². The Morgan fingerprint density at radius 2 is 1.86 bits per heavy atom. The van der Waals surface area contributed by atoms with Crippen molar-refractivity contribution in [1.82, 2.24) is 5.32 Å². The summed E-state index contributed by atoms with van der Waals surface area (Å²) in [5.41, 5.74) is 11.7. The minimum atomic E-state index is -0.582. The molecular weight excluding hydrogens is 463 g/mol. The molecule has 162 valence electrons. The van der Waals surface area contributed by atoms with E-state index in [0.717, 1.165) is 0 Å². The van der Waals surface area contributed by atoms with E-state index < -0.39 is 11.7 Å². The van der Waals surface area contributed by atoms with Crippen LogP contribution in [-0.4, -0.2) is 11.9 Å². The predicted molar refractivity (Wildman–Crippen MR) is 121 cm³/mol. The van der Waals surface area contributed by atoms with Crippen LogP contribution < -0.4 is 21.5 Å². The van der Waals surface area contributed by atoms with E-state index in [9.17, 15) is 4.79 Å². The largest absolute Gasteiger partial charge is 0.453 e. The first-order valence-corrected chi connectivity index (χ1v) is 9.23. The Balaban J connectivity index is 0.00000392. The lowest BCUT2D eigenvalue weighted by Crippen LogP contribution is -2.34. The van der Waals surface area contributed by atoms with Crippen molar-refractivity contribution >= 4 is 59.6 Å². The molecule has 1 amide bonds. The van der Waals surface area contributed by atoms with Gasteiger partial charge in [0.15, 0.2) is 11.6 Å². The molecule has 0 saturated heterocycles. The van der Waals surface area contributed by atoms with Crippen molar-refractivity contribution in [3.63, 3.8) is 0 Å². The van der Waals surface area contributed by atoms with Crippen LogP contribution in [0.1, 0.15) is 38.3 Å². The number of carbonyl (C=O) groups is 1. The van der Waals surface area contributed by atoms with Crippen molar-refractivity contribution in [2.45, 2.75) is 38.8 Å². The van der Waals surface area contributed by atoms with Crippen LogP contribution >= 0.6 is 48.0 Å². The smallest absolute Gasteiger partial charge is 0.218 e. The molecule has 2 rings (SSSR count). The zero-order valence-electron chi connectivity index (χ0n) is 15.9. The van der Waals surface area contributed by atoms with Gasteiger partial charge in [0.1, 0.15) is 5.75 Å². The molecule has 10 heteroatoms. The molecule has 5 nitrogen and oxygen atoms in total. The number of benzene rings is 2. The molecular formula is C19H24Cl4FN3O2. The first-order valence-electron chi connectivity index (χ1n) is 8.48. The molecule has 0 saturated carbocycles. The molecule has 5 N–H and O–H groups in total. The predicted octanol–water partition coefficient (Wildman–Crippen LogP) is 5.66. The number of rotatable bonds is 8. The molecule has 0 heterocycles. The normalized spacial score (nSPS) is 12.3. The molecule has 0 aliphatic heterocycles. The lowest BCUT2D eigenvalue weighted by Gasteiger charge is -2.23. The average Bonchev–Trinajstić information content (AvgIpc) is 2.59. The van der Waals surface area contributed by atoms with Gasteiger partial charge in [-0.05, 0) is 31.5 Å². The number of ether oxygens (including phenoxy) is 1. The number of nitrogens with one attached hydrogen (secondary N) is 1. The van der Waals surface area contributed by atoms with Gasteiger partial charge in [-0.25, -0.2) is 4.39 Å². The number of hydrogen-bond donors (Lipinski definition) is 3. The highest BCUT2D eigenvalue weighted by atomic mass is 35.5. The second-order valence-electron chi connectivity index (χ2n) is 6.26. The van der Waals surface area contributed by atoms with Gasteiger partial charge in [-0.2, -0.15) is 0 Å².